The third kappa shape index (κ3) is 3.01. The van der Waals surface area contributed by atoms with Crippen molar-refractivity contribution in [2.45, 2.75) is 50.7 Å². The molecule has 0 saturated heterocycles. The summed E-state index contributed by atoms with van der Waals surface area (Å²) in [5.74, 6) is 0.373. The average molecular weight is 263 g/mol. The maximum absolute atomic E-state index is 12.2. The van der Waals surface area contributed by atoms with Gasteiger partial charge in [0.2, 0.25) is 5.89 Å². The Morgan fingerprint density at radius 3 is 2.56 bits per heavy atom. The van der Waals surface area contributed by atoms with Crippen LogP contribution < -0.4 is 5.73 Å². The topological polar surface area (TPSA) is 64.9 Å². The van der Waals surface area contributed by atoms with E-state index >= 15 is 0 Å². The summed E-state index contributed by atoms with van der Waals surface area (Å²) in [4.78, 5) is 3.79. The number of alkyl halides is 3. The van der Waals surface area contributed by atoms with Gasteiger partial charge in [0.05, 0.1) is 5.54 Å². The molecular formula is C11H16F3N3O. The van der Waals surface area contributed by atoms with E-state index in [1.165, 1.54) is 0 Å². The Balaban J connectivity index is 2.10. The van der Waals surface area contributed by atoms with Crippen molar-refractivity contribution in [2.75, 3.05) is 0 Å². The van der Waals surface area contributed by atoms with Crippen LogP contribution in [0.15, 0.2) is 4.52 Å². The Morgan fingerprint density at radius 2 is 2.00 bits per heavy atom. The minimum Gasteiger partial charge on any atom is -0.339 e. The smallest absolute Gasteiger partial charge is 0.339 e. The quantitative estimate of drug-likeness (QED) is 0.890. The molecule has 0 atom stereocenters. The molecular weight excluding hydrogens is 247 g/mol. The zero-order valence-electron chi connectivity index (χ0n) is 10.1. The van der Waals surface area contributed by atoms with Gasteiger partial charge in [0.1, 0.15) is 6.42 Å². The summed E-state index contributed by atoms with van der Waals surface area (Å²) in [5.41, 5.74) is 5.42. The fourth-order valence-corrected chi connectivity index (χ4v) is 2.20. The second-order valence-corrected chi connectivity index (χ2v) is 5.14. The van der Waals surface area contributed by atoms with E-state index in [9.17, 15) is 13.2 Å². The maximum Gasteiger partial charge on any atom is 0.397 e. The number of hydrogen-bond donors (Lipinski definition) is 1. The Morgan fingerprint density at radius 1 is 1.39 bits per heavy atom. The molecule has 4 nitrogen and oxygen atoms in total. The highest BCUT2D eigenvalue weighted by atomic mass is 19.4. The van der Waals surface area contributed by atoms with Crippen molar-refractivity contribution in [1.82, 2.24) is 10.1 Å². The number of aromatic nitrogens is 2. The Kier molecular flexibility index (Phi) is 3.35. The largest absolute Gasteiger partial charge is 0.397 e. The van der Waals surface area contributed by atoms with Crippen molar-refractivity contribution >= 4 is 0 Å². The normalized spacial score (nSPS) is 29.5. The van der Waals surface area contributed by atoms with E-state index in [-0.39, 0.29) is 5.82 Å². The Labute approximate surface area is 103 Å². The molecule has 1 aromatic heterocycles. The predicted molar refractivity (Wildman–Crippen MR) is 57.6 cm³/mol. The first-order chi connectivity index (χ1) is 8.28. The first-order valence-electron chi connectivity index (χ1n) is 5.97. The van der Waals surface area contributed by atoms with Crippen LogP contribution in [0.2, 0.25) is 0 Å². The van der Waals surface area contributed by atoms with Gasteiger partial charge in [0, 0.05) is 0 Å². The summed E-state index contributed by atoms with van der Waals surface area (Å²) >= 11 is 0. The third-order valence-corrected chi connectivity index (χ3v) is 3.43. The van der Waals surface area contributed by atoms with E-state index in [1.54, 1.807) is 0 Å². The summed E-state index contributed by atoms with van der Waals surface area (Å²) < 4.78 is 41.2. The van der Waals surface area contributed by atoms with E-state index in [4.69, 9.17) is 5.73 Å². The van der Waals surface area contributed by atoms with Crippen molar-refractivity contribution in [1.29, 1.82) is 0 Å². The minimum absolute atomic E-state index is 0.202. The monoisotopic (exact) mass is 263 g/mol. The molecule has 2 rings (SSSR count). The van der Waals surface area contributed by atoms with Gasteiger partial charge in [-0.3, -0.25) is 0 Å². The highest BCUT2D eigenvalue weighted by Gasteiger charge is 2.38. The molecule has 0 radical (unpaired) electrons. The molecule has 1 saturated carbocycles. The number of rotatable bonds is 2. The molecule has 0 amide bonds. The zero-order chi connectivity index (χ0) is 13.4. The lowest BCUT2D eigenvalue weighted by molar-refractivity contribution is -0.131. The summed E-state index contributed by atoms with van der Waals surface area (Å²) in [6, 6.07) is 0. The fourth-order valence-electron chi connectivity index (χ4n) is 2.20. The van der Waals surface area contributed by atoms with Crippen LogP contribution in [0.5, 0.6) is 0 Å². The first-order valence-corrected chi connectivity index (χ1v) is 5.97. The predicted octanol–water partition coefficient (Wildman–Crippen LogP) is 2.54. The molecule has 0 aromatic carbocycles. The van der Waals surface area contributed by atoms with Crippen molar-refractivity contribution < 1.29 is 17.7 Å². The van der Waals surface area contributed by atoms with Crippen molar-refractivity contribution in [3.05, 3.63) is 11.7 Å². The number of halogens is 3. The number of nitrogens with zero attached hydrogens (tertiary/aromatic N) is 2. The Bertz CT molecular complexity index is 408. The second-order valence-electron chi connectivity index (χ2n) is 5.14. The fraction of sp³-hybridized carbons (Fsp3) is 0.818. The van der Waals surface area contributed by atoms with Crippen LogP contribution in [-0.4, -0.2) is 16.3 Å². The van der Waals surface area contributed by atoms with Crippen LogP contribution in [0.4, 0.5) is 13.2 Å². The molecule has 0 unspecified atom stereocenters. The van der Waals surface area contributed by atoms with Crippen molar-refractivity contribution in [3.63, 3.8) is 0 Å². The van der Waals surface area contributed by atoms with Gasteiger partial charge >= 0.3 is 6.18 Å². The summed E-state index contributed by atoms with van der Waals surface area (Å²) in [5, 5.41) is 3.61. The highest BCUT2D eigenvalue weighted by Crippen LogP contribution is 2.36. The van der Waals surface area contributed by atoms with Gasteiger partial charge in [-0.15, -0.1) is 0 Å². The third-order valence-electron chi connectivity index (χ3n) is 3.43. The maximum atomic E-state index is 12.2. The molecule has 1 heterocycles. The van der Waals surface area contributed by atoms with E-state index in [1.807, 2.05) is 0 Å². The van der Waals surface area contributed by atoms with Gasteiger partial charge in [-0.05, 0) is 31.6 Å². The van der Waals surface area contributed by atoms with Gasteiger partial charge in [0.15, 0.2) is 5.82 Å². The van der Waals surface area contributed by atoms with E-state index < -0.39 is 24.0 Å². The Hall–Kier alpha value is -1.11. The van der Waals surface area contributed by atoms with Crippen LogP contribution in [0.1, 0.15) is 44.3 Å². The number of hydrogen-bond acceptors (Lipinski definition) is 4. The van der Waals surface area contributed by atoms with Crippen LogP contribution in [0.25, 0.3) is 0 Å². The lowest BCUT2D eigenvalue weighted by Gasteiger charge is -2.33. The van der Waals surface area contributed by atoms with E-state index in [0.717, 1.165) is 12.8 Å². The van der Waals surface area contributed by atoms with Gasteiger partial charge in [0.25, 0.3) is 0 Å². The lowest BCUT2D eigenvalue weighted by atomic mass is 9.77. The minimum atomic E-state index is -4.34. The van der Waals surface area contributed by atoms with Gasteiger partial charge in [-0.2, -0.15) is 18.2 Å². The molecule has 0 spiro atoms. The average Bonchev–Trinajstić information content (AvgIpc) is 2.69. The molecule has 0 bridgehead atoms. The molecule has 18 heavy (non-hydrogen) atoms. The van der Waals surface area contributed by atoms with Crippen molar-refractivity contribution in [2.24, 2.45) is 11.7 Å². The molecule has 1 aromatic rings. The SMILES string of the molecule is CC1CCC(N)(c2noc(CC(F)(F)F)n2)CC1. The van der Waals surface area contributed by atoms with Gasteiger partial charge in [-0.1, -0.05) is 12.1 Å². The van der Waals surface area contributed by atoms with Crippen LogP contribution >= 0.6 is 0 Å². The van der Waals surface area contributed by atoms with Crippen LogP contribution in [-0.2, 0) is 12.0 Å². The summed E-state index contributed by atoms with van der Waals surface area (Å²) in [7, 11) is 0. The summed E-state index contributed by atoms with van der Waals surface area (Å²) in [6.45, 7) is 2.13. The highest BCUT2D eigenvalue weighted by molar-refractivity contribution is 5.06. The van der Waals surface area contributed by atoms with Crippen molar-refractivity contribution in [3.8, 4) is 0 Å². The summed E-state index contributed by atoms with van der Waals surface area (Å²) in [6.07, 6.45) is -2.32. The van der Waals surface area contributed by atoms with Gasteiger partial charge in [-0.25, -0.2) is 0 Å². The first kappa shape index (κ1) is 13.3. The molecule has 1 aliphatic rings. The molecule has 1 aliphatic carbocycles. The van der Waals surface area contributed by atoms with E-state index in [0.29, 0.717) is 18.8 Å². The van der Waals surface area contributed by atoms with Gasteiger partial charge < -0.3 is 10.3 Å². The molecule has 0 aliphatic heterocycles. The molecule has 102 valence electrons. The van der Waals surface area contributed by atoms with Crippen LogP contribution in [0.3, 0.4) is 0 Å². The standard InChI is InChI=1S/C11H16F3N3O/c1-7-2-4-10(15,5-3-7)9-16-8(18-17-9)6-11(12,13)14/h7H,2-6,15H2,1H3. The molecule has 1 fully saturated rings. The zero-order valence-corrected chi connectivity index (χ0v) is 10.1. The van der Waals surface area contributed by atoms with Crippen LogP contribution in [0, 0.1) is 5.92 Å². The lowest BCUT2D eigenvalue weighted by Crippen LogP contribution is -2.41. The second kappa shape index (κ2) is 4.53. The molecule has 2 N–H and O–H groups in total. The van der Waals surface area contributed by atoms with E-state index in [2.05, 4.69) is 21.6 Å². The number of nitrogens with two attached hydrogens (primary N) is 1. The molecule has 7 heteroatoms.